The fourth-order valence-electron chi connectivity index (χ4n) is 2.99. The molecule has 1 aromatic carbocycles. The number of aliphatic hydroxyl groups is 1. The summed E-state index contributed by atoms with van der Waals surface area (Å²) in [6.45, 7) is 4.34. The quantitative estimate of drug-likeness (QED) is 0.788. The summed E-state index contributed by atoms with van der Waals surface area (Å²) in [5.41, 5.74) is 2.31. The standard InChI is InChI=1S/C16H20Cl2O/c1-10-6-11(2)8-13(7-10)15(19)9-12-4-3-5-14(17)16(12)18/h3-6,10,13,15,19H,7-9H2,1-2H3. The van der Waals surface area contributed by atoms with Crippen LogP contribution in [0, 0.1) is 11.8 Å². The minimum atomic E-state index is -0.359. The first kappa shape index (κ1) is 14.9. The molecule has 0 radical (unpaired) electrons. The van der Waals surface area contributed by atoms with E-state index in [0.29, 0.717) is 28.3 Å². The maximum atomic E-state index is 10.4. The summed E-state index contributed by atoms with van der Waals surface area (Å²) in [6.07, 6.45) is 4.53. The van der Waals surface area contributed by atoms with Crippen LogP contribution in [-0.2, 0) is 6.42 Å². The third-order valence-corrected chi connectivity index (χ3v) is 4.69. The number of rotatable bonds is 3. The maximum Gasteiger partial charge on any atom is 0.0625 e. The second-order valence-corrected chi connectivity index (χ2v) is 6.46. The van der Waals surface area contributed by atoms with E-state index in [0.717, 1.165) is 18.4 Å². The van der Waals surface area contributed by atoms with Gasteiger partial charge in [-0.05, 0) is 43.2 Å². The van der Waals surface area contributed by atoms with Gasteiger partial charge in [-0.3, -0.25) is 0 Å². The average molecular weight is 299 g/mol. The Morgan fingerprint density at radius 2 is 2.11 bits per heavy atom. The summed E-state index contributed by atoms with van der Waals surface area (Å²) in [4.78, 5) is 0. The molecule has 1 nitrogen and oxygen atoms in total. The molecule has 1 aliphatic rings. The predicted molar refractivity (Wildman–Crippen MR) is 81.8 cm³/mol. The minimum Gasteiger partial charge on any atom is -0.392 e. The number of hydrogen-bond acceptors (Lipinski definition) is 1. The first-order chi connectivity index (χ1) is 8.97. The van der Waals surface area contributed by atoms with E-state index in [-0.39, 0.29) is 6.10 Å². The normalized spacial score (nSPS) is 25.0. The molecule has 1 aliphatic carbocycles. The van der Waals surface area contributed by atoms with Crippen molar-refractivity contribution in [3.63, 3.8) is 0 Å². The highest BCUT2D eigenvalue weighted by Gasteiger charge is 2.25. The topological polar surface area (TPSA) is 20.2 Å². The second-order valence-electron chi connectivity index (χ2n) is 5.67. The molecule has 0 saturated heterocycles. The molecule has 0 bridgehead atoms. The van der Waals surface area contributed by atoms with Crippen molar-refractivity contribution in [3.8, 4) is 0 Å². The number of benzene rings is 1. The summed E-state index contributed by atoms with van der Waals surface area (Å²) < 4.78 is 0. The van der Waals surface area contributed by atoms with Crippen molar-refractivity contribution in [2.45, 2.75) is 39.2 Å². The fourth-order valence-corrected chi connectivity index (χ4v) is 3.38. The highest BCUT2D eigenvalue weighted by Crippen LogP contribution is 2.33. The van der Waals surface area contributed by atoms with E-state index in [1.165, 1.54) is 5.57 Å². The van der Waals surface area contributed by atoms with E-state index in [2.05, 4.69) is 19.9 Å². The van der Waals surface area contributed by atoms with E-state index in [1.807, 2.05) is 12.1 Å². The van der Waals surface area contributed by atoms with Crippen LogP contribution in [0.1, 0.15) is 32.3 Å². The van der Waals surface area contributed by atoms with Crippen molar-refractivity contribution < 1.29 is 5.11 Å². The van der Waals surface area contributed by atoms with E-state index in [9.17, 15) is 5.11 Å². The maximum absolute atomic E-state index is 10.4. The number of halogens is 2. The van der Waals surface area contributed by atoms with E-state index < -0.39 is 0 Å². The summed E-state index contributed by atoms with van der Waals surface area (Å²) in [7, 11) is 0. The monoisotopic (exact) mass is 298 g/mol. The molecule has 0 spiro atoms. The zero-order valence-corrected chi connectivity index (χ0v) is 12.9. The molecule has 0 aromatic heterocycles. The summed E-state index contributed by atoms with van der Waals surface area (Å²) in [5.74, 6) is 0.860. The molecule has 104 valence electrons. The van der Waals surface area contributed by atoms with Crippen LogP contribution in [0.5, 0.6) is 0 Å². The molecule has 1 N–H and O–H groups in total. The third kappa shape index (κ3) is 3.75. The van der Waals surface area contributed by atoms with Gasteiger partial charge in [0.25, 0.3) is 0 Å². The SMILES string of the molecule is CC1=CC(C)CC(C(O)Cc2cccc(Cl)c2Cl)C1. The van der Waals surface area contributed by atoms with E-state index in [1.54, 1.807) is 6.07 Å². The Bertz CT molecular complexity index is 482. The number of allylic oxidation sites excluding steroid dienone is 2. The van der Waals surface area contributed by atoms with Gasteiger partial charge in [-0.15, -0.1) is 0 Å². The predicted octanol–water partition coefficient (Wildman–Crippen LogP) is 4.89. The lowest BCUT2D eigenvalue weighted by atomic mass is 9.79. The molecule has 3 atom stereocenters. The van der Waals surface area contributed by atoms with Crippen molar-refractivity contribution in [3.05, 3.63) is 45.5 Å². The molecular formula is C16H20Cl2O. The lowest BCUT2D eigenvalue weighted by molar-refractivity contribution is 0.0932. The zero-order chi connectivity index (χ0) is 14.0. The Morgan fingerprint density at radius 1 is 1.37 bits per heavy atom. The Kier molecular flexibility index (Phi) is 4.94. The Hall–Kier alpha value is -0.500. The first-order valence-corrected chi connectivity index (χ1v) is 7.51. The van der Waals surface area contributed by atoms with E-state index in [4.69, 9.17) is 23.2 Å². The lowest BCUT2D eigenvalue weighted by Gasteiger charge is -2.29. The molecule has 0 fully saturated rings. The molecule has 0 heterocycles. The van der Waals surface area contributed by atoms with Crippen molar-refractivity contribution in [1.29, 1.82) is 0 Å². The fraction of sp³-hybridized carbons (Fsp3) is 0.500. The Balaban J connectivity index is 2.07. The molecule has 3 unspecified atom stereocenters. The van der Waals surface area contributed by atoms with Crippen LogP contribution in [0.25, 0.3) is 0 Å². The van der Waals surface area contributed by atoms with Crippen LogP contribution in [0.15, 0.2) is 29.8 Å². The summed E-state index contributed by atoms with van der Waals surface area (Å²) in [5, 5.41) is 11.6. The van der Waals surface area contributed by atoms with E-state index >= 15 is 0 Å². The van der Waals surface area contributed by atoms with Gasteiger partial charge in [-0.2, -0.15) is 0 Å². The first-order valence-electron chi connectivity index (χ1n) is 6.75. The molecule has 1 aromatic rings. The third-order valence-electron chi connectivity index (χ3n) is 3.83. The lowest BCUT2D eigenvalue weighted by Crippen LogP contribution is -2.27. The Labute approximate surface area is 125 Å². The van der Waals surface area contributed by atoms with Gasteiger partial charge in [0, 0.05) is 6.42 Å². The van der Waals surface area contributed by atoms with Crippen LogP contribution >= 0.6 is 23.2 Å². The largest absolute Gasteiger partial charge is 0.392 e. The van der Waals surface area contributed by atoms with Crippen LogP contribution in [0.4, 0.5) is 0 Å². The number of hydrogen-bond donors (Lipinski definition) is 1. The van der Waals surface area contributed by atoms with Gasteiger partial charge in [0.1, 0.15) is 0 Å². The van der Waals surface area contributed by atoms with Crippen LogP contribution in [-0.4, -0.2) is 11.2 Å². The van der Waals surface area contributed by atoms with Crippen molar-refractivity contribution in [2.75, 3.05) is 0 Å². The smallest absolute Gasteiger partial charge is 0.0625 e. The van der Waals surface area contributed by atoms with Gasteiger partial charge < -0.3 is 5.11 Å². The van der Waals surface area contributed by atoms with Crippen LogP contribution in [0.2, 0.25) is 10.0 Å². The van der Waals surface area contributed by atoms with Crippen molar-refractivity contribution >= 4 is 23.2 Å². The van der Waals surface area contributed by atoms with Crippen molar-refractivity contribution in [1.82, 2.24) is 0 Å². The molecule has 0 saturated carbocycles. The van der Waals surface area contributed by atoms with Gasteiger partial charge in [-0.25, -0.2) is 0 Å². The molecule has 19 heavy (non-hydrogen) atoms. The minimum absolute atomic E-state index is 0.315. The molecular weight excluding hydrogens is 279 g/mol. The number of aliphatic hydroxyl groups excluding tert-OH is 1. The van der Waals surface area contributed by atoms with Gasteiger partial charge in [0.05, 0.1) is 16.1 Å². The molecule has 0 aliphatic heterocycles. The average Bonchev–Trinajstić information content (AvgIpc) is 2.33. The summed E-state index contributed by atoms with van der Waals surface area (Å²) >= 11 is 12.2. The van der Waals surface area contributed by atoms with Gasteiger partial charge in [0.15, 0.2) is 0 Å². The highest BCUT2D eigenvalue weighted by molar-refractivity contribution is 6.42. The van der Waals surface area contributed by atoms with Gasteiger partial charge in [0.2, 0.25) is 0 Å². The zero-order valence-electron chi connectivity index (χ0n) is 11.4. The van der Waals surface area contributed by atoms with Gasteiger partial charge >= 0.3 is 0 Å². The highest BCUT2D eigenvalue weighted by atomic mass is 35.5. The second kappa shape index (κ2) is 6.30. The molecule has 0 amide bonds. The van der Waals surface area contributed by atoms with Crippen LogP contribution < -0.4 is 0 Å². The van der Waals surface area contributed by atoms with Crippen LogP contribution in [0.3, 0.4) is 0 Å². The van der Waals surface area contributed by atoms with Crippen molar-refractivity contribution in [2.24, 2.45) is 11.8 Å². The molecule has 2 rings (SSSR count). The Morgan fingerprint density at radius 3 is 2.79 bits per heavy atom. The van der Waals surface area contributed by atoms with Gasteiger partial charge in [-0.1, -0.05) is 53.9 Å². The molecule has 3 heteroatoms. The summed E-state index contributed by atoms with van der Waals surface area (Å²) in [6, 6.07) is 5.59.